The number of piperidine rings is 1. The van der Waals surface area contributed by atoms with E-state index in [0.717, 1.165) is 51.3 Å². The lowest BCUT2D eigenvalue weighted by Gasteiger charge is -2.30. The third-order valence-electron chi connectivity index (χ3n) is 4.17. The highest BCUT2D eigenvalue weighted by molar-refractivity contribution is 5.92. The van der Waals surface area contributed by atoms with Crippen molar-refractivity contribution in [3.05, 3.63) is 24.0 Å². The maximum Gasteiger partial charge on any atom is 0.270 e. The number of hydrogen-bond donors (Lipinski definition) is 1. The van der Waals surface area contributed by atoms with Gasteiger partial charge in [-0.15, -0.1) is 0 Å². The van der Waals surface area contributed by atoms with E-state index >= 15 is 0 Å². The summed E-state index contributed by atoms with van der Waals surface area (Å²) >= 11 is 0. The molecule has 1 aliphatic heterocycles. The summed E-state index contributed by atoms with van der Waals surface area (Å²) < 4.78 is 2.09. The summed E-state index contributed by atoms with van der Waals surface area (Å²) in [5.74, 6) is 0.796. The van der Waals surface area contributed by atoms with E-state index < -0.39 is 0 Å². The topological polar surface area (TPSA) is 37.3 Å². The van der Waals surface area contributed by atoms with E-state index in [4.69, 9.17) is 0 Å². The Morgan fingerprint density at radius 1 is 1.43 bits per heavy atom. The van der Waals surface area contributed by atoms with Gasteiger partial charge in [-0.05, 0) is 56.8 Å². The number of nitrogens with zero attached hydrogens (tertiary/aromatic N) is 2. The second kappa shape index (κ2) is 8.23. The van der Waals surface area contributed by atoms with Crippen LogP contribution in [-0.4, -0.2) is 41.6 Å². The second-order valence-electron chi connectivity index (χ2n) is 6.05. The average molecular weight is 291 g/mol. The van der Waals surface area contributed by atoms with Crippen molar-refractivity contribution in [2.45, 2.75) is 46.1 Å². The molecule has 1 aliphatic rings. The molecule has 1 atom stereocenters. The summed E-state index contributed by atoms with van der Waals surface area (Å²) in [7, 11) is 0. The Hall–Kier alpha value is -1.29. The van der Waals surface area contributed by atoms with Gasteiger partial charge in [-0.1, -0.05) is 13.8 Å². The van der Waals surface area contributed by atoms with Gasteiger partial charge in [0, 0.05) is 25.8 Å². The molecule has 21 heavy (non-hydrogen) atoms. The zero-order chi connectivity index (χ0) is 15.1. The molecule has 1 amide bonds. The van der Waals surface area contributed by atoms with Crippen molar-refractivity contribution in [2.24, 2.45) is 5.92 Å². The van der Waals surface area contributed by atoms with Crippen LogP contribution >= 0.6 is 0 Å². The van der Waals surface area contributed by atoms with Crippen LogP contribution in [-0.2, 0) is 6.54 Å². The van der Waals surface area contributed by atoms with E-state index in [9.17, 15) is 4.79 Å². The second-order valence-corrected chi connectivity index (χ2v) is 6.05. The van der Waals surface area contributed by atoms with Crippen molar-refractivity contribution in [3.63, 3.8) is 0 Å². The van der Waals surface area contributed by atoms with Crippen molar-refractivity contribution < 1.29 is 4.79 Å². The molecule has 2 heterocycles. The summed E-state index contributed by atoms with van der Waals surface area (Å²) in [5.41, 5.74) is 0.842. The molecule has 4 nitrogen and oxygen atoms in total. The molecule has 2 rings (SSSR count). The highest BCUT2D eigenvalue weighted by Gasteiger charge is 2.22. The molecule has 0 saturated carbocycles. The van der Waals surface area contributed by atoms with Crippen LogP contribution in [0.1, 0.15) is 50.0 Å². The Labute approximate surface area is 128 Å². The number of rotatable bonds is 7. The highest BCUT2D eigenvalue weighted by atomic mass is 16.2. The molecular weight excluding hydrogens is 262 g/mol. The molecule has 1 fully saturated rings. The monoisotopic (exact) mass is 291 g/mol. The van der Waals surface area contributed by atoms with Gasteiger partial charge in [-0.25, -0.2) is 0 Å². The zero-order valence-electron chi connectivity index (χ0n) is 13.5. The Bertz CT molecular complexity index is 435. The van der Waals surface area contributed by atoms with Crippen molar-refractivity contribution in [1.29, 1.82) is 0 Å². The first-order valence-electron chi connectivity index (χ1n) is 8.41. The normalized spacial score (nSPS) is 18.7. The summed E-state index contributed by atoms with van der Waals surface area (Å²) in [6.07, 6.45) is 6.54. The molecule has 4 heteroatoms. The first kappa shape index (κ1) is 16.1. The van der Waals surface area contributed by atoms with E-state index in [1.54, 1.807) is 0 Å². The third kappa shape index (κ3) is 4.34. The largest absolute Gasteiger partial charge is 0.344 e. The van der Waals surface area contributed by atoms with E-state index in [2.05, 4.69) is 28.6 Å². The smallest absolute Gasteiger partial charge is 0.270 e. The molecule has 0 bridgehead atoms. The molecule has 1 saturated heterocycles. The predicted octanol–water partition coefficient (Wildman–Crippen LogP) is 2.75. The Morgan fingerprint density at radius 3 is 2.95 bits per heavy atom. The molecule has 1 unspecified atom stereocenters. The maximum absolute atomic E-state index is 12.8. The standard InChI is InChI=1S/C17H29N3O/c1-3-10-19-12-6-8-16(19)17(21)20(11-4-2)14-15-7-5-9-18-13-15/h6,8,12,15,18H,3-5,7,9-11,13-14H2,1-2H3. The maximum atomic E-state index is 12.8. The minimum Gasteiger partial charge on any atom is -0.344 e. The molecular formula is C17H29N3O. The van der Waals surface area contributed by atoms with Crippen LogP contribution in [0.4, 0.5) is 0 Å². The van der Waals surface area contributed by atoms with Crippen LogP contribution < -0.4 is 5.32 Å². The van der Waals surface area contributed by atoms with Crippen LogP contribution in [0.25, 0.3) is 0 Å². The molecule has 1 aromatic rings. The molecule has 0 aromatic carbocycles. The predicted molar refractivity (Wildman–Crippen MR) is 86.5 cm³/mol. The fourth-order valence-electron chi connectivity index (χ4n) is 3.14. The van der Waals surface area contributed by atoms with Gasteiger partial charge < -0.3 is 14.8 Å². The Kier molecular flexibility index (Phi) is 6.30. The van der Waals surface area contributed by atoms with Crippen LogP contribution in [0.3, 0.4) is 0 Å². The van der Waals surface area contributed by atoms with Crippen molar-refractivity contribution in [3.8, 4) is 0 Å². The van der Waals surface area contributed by atoms with Crippen molar-refractivity contribution >= 4 is 5.91 Å². The molecule has 1 aromatic heterocycles. The minimum absolute atomic E-state index is 0.195. The number of aromatic nitrogens is 1. The summed E-state index contributed by atoms with van der Waals surface area (Å²) in [4.78, 5) is 14.9. The van der Waals surface area contributed by atoms with Gasteiger partial charge in [0.1, 0.15) is 5.69 Å². The highest BCUT2D eigenvalue weighted by Crippen LogP contribution is 2.15. The summed E-state index contributed by atoms with van der Waals surface area (Å²) in [6, 6.07) is 3.94. The zero-order valence-corrected chi connectivity index (χ0v) is 13.5. The number of carbonyl (C=O) groups is 1. The Balaban J connectivity index is 2.05. The molecule has 0 radical (unpaired) electrons. The van der Waals surface area contributed by atoms with Crippen molar-refractivity contribution in [2.75, 3.05) is 26.2 Å². The minimum atomic E-state index is 0.195. The number of aryl methyl sites for hydroxylation is 1. The summed E-state index contributed by atoms with van der Waals surface area (Å²) in [5, 5.41) is 3.44. The van der Waals surface area contributed by atoms with Gasteiger partial charge >= 0.3 is 0 Å². The fourth-order valence-corrected chi connectivity index (χ4v) is 3.14. The molecule has 1 N–H and O–H groups in total. The van der Waals surface area contributed by atoms with Gasteiger partial charge in [0.15, 0.2) is 0 Å². The molecule has 0 spiro atoms. The van der Waals surface area contributed by atoms with E-state index in [1.807, 2.05) is 18.3 Å². The lowest BCUT2D eigenvalue weighted by atomic mass is 9.99. The number of carbonyl (C=O) groups excluding carboxylic acids is 1. The molecule has 0 aliphatic carbocycles. The van der Waals surface area contributed by atoms with Gasteiger partial charge in [-0.3, -0.25) is 4.79 Å². The summed E-state index contributed by atoms with van der Waals surface area (Å²) in [6.45, 7) is 9.11. The van der Waals surface area contributed by atoms with E-state index in [0.29, 0.717) is 5.92 Å². The Morgan fingerprint density at radius 2 is 2.29 bits per heavy atom. The van der Waals surface area contributed by atoms with Crippen LogP contribution in [0.15, 0.2) is 18.3 Å². The lowest BCUT2D eigenvalue weighted by Crippen LogP contribution is -2.42. The SMILES string of the molecule is CCCN(CC1CCCNC1)C(=O)c1cccn1CCC. The molecule has 118 valence electrons. The van der Waals surface area contributed by atoms with Crippen LogP contribution in [0.2, 0.25) is 0 Å². The number of nitrogens with one attached hydrogen (secondary N) is 1. The van der Waals surface area contributed by atoms with Crippen LogP contribution in [0.5, 0.6) is 0 Å². The number of hydrogen-bond acceptors (Lipinski definition) is 2. The lowest BCUT2D eigenvalue weighted by molar-refractivity contribution is 0.0707. The first-order valence-corrected chi connectivity index (χ1v) is 8.41. The average Bonchev–Trinajstić information content (AvgIpc) is 2.96. The van der Waals surface area contributed by atoms with E-state index in [1.165, 1.54) is 12.8 Å². The van der Waals surface area contributed by atoms with Gasteiger partial charge in [0.25, 0.3) is 5.91 Å². The van der Waals surface area contributed by atoms with Gasteiger partial charge in [-0.2, -0.15) is 0 Å². The van der Waals surface area contributed by atoms with Gasteiger partial charge in [0.2, 0.25) is 0 Å². The number of amides is 1. The fraction of sp³-hybridized carbons (Fsp3) is 0.706. The first-order chi connectivity index (χ1) is 10.3. The van der Waals surface area contributed by atoms with E-state index in [-0.39, 0.29) is 5.91 Å². The van der Waals surface area contributed by atoms with Gasteiger partial charge in [0.05, 0.1) is 0 Å². The van der Waals surface area contributed by atoms with Crippen LogP contribution in [0, 0.1) is 5.92 Å². The van der Waals surface area contributed by atoms with Crippen molar-refractivity contribution in [1.82, 2.24) is 14.8 Å². The third-order valence-corrected chi connectivity index (χ3v) is 4.17. The quantitative estimate of drug-likeness (QED) is 0.839.